The summed E-state index contributed by atoms with van der Waals surface area (Å²) in [7, 11) is 0. The predicted molar refractivity (Wildman–Crippen MR) is 49.4 cm³/mol. The lowest BCUT2D eigenvalue weighted by molar-refractivity contribution is -0.140. The Balaban J connectivity index is 2.74. The van der Waals surface area contributed by atoms with Gasteiger partial charge in [-0.05, 0) is 26.2 Å². The van der Waals surface area contributed by atoms with Crippen molar-refractivity contribution in [2.45, 2.75) is 38.2 Å². The molecule has 0 saturated heterocycles. The Labute approximate surface area is 78.1 Å². The van der Waals surface area contributed by atoms with Crippen LogP contribution in [0, 0.1) is 5.92 Å². The molecule has 1 fully saturated rings. The maximum atomic E-state index is 10.5. The van der Waals surface area contributed by atoms with Crippen molar-refractivity contribution in [3.05, 3.63) is 12.2 Å². The fourth-order valence-corrected chi connectivity index (χ4v) is 2.00. The van der Waals surface area contributed by atoms with Crippen molar-refractivity contribution in [3.63, 3.8) is 0 Å². The van der Waals surface area contributed by atoms with Crippen LogP contribution in [-0.2, 0) is 4.79 Å². The third kappa shape index (κ3) is 2.31. The standard InChI is InChI=1S/C10H16O3/c1-7-4-3-5-10(2,13)8(7)6-9(11)12/h8,13H,1,3-6H2,2H3,(H,11,12). The van der Waals surface area contributed by atoms with Crippen LogP contribution in [-0.4, -0.2) is 21.8 Å². The zero-order valence-electron chi connectivity index (χ0n) is 7.92. The van der Waals surface area contributed by atoms with E-state index in [1.165, 1.54) is 0 Å². The van der Waals surface area contributed by atoms with Crippen molar-refractivity contribution in [3.8, 4) is 0 Å². The summed E-state index contributed by atoms with van der Waals surface area (Å²) in [4.78, 5) is 10.5. The van der Waals surface area contributed by atoms with Crippen molar-refractivity contribution in [1.29, 1.82) is 0 Å². The average Bonchev–Trinajstić information content (AvgIpc) is 1.96. The molecule has 0 radical (unpaired) electrons. The van der Waals surface area contributed by atoms with E-state index in [0.29, 0.717) is 6.42 Å². The highest BCUT2D eigenvalue weighted by Crippen LogP contribution is 2.38. The lowest BCUT2D eigenvalue weighted by atomic mass is 9.72. The van der Waals surface area contributed by atoms with Crippen molar-refractivity contribution in [1.82, 2.24) is 0 Å². The molecular weight excluding hydrogens is 168 g/mol. The van der Waals surface area contributed by atoms with Gasteiger partial charge in [0.25, 0.3) is 0 Å². The van der Waals surface area contributed by atoms with Gasteiger partial charge in [0, 0.05) is 5.92 Å². The Morgan fingerprint density at radius 3 is 2.85 bits per heavy atom. The van der Waals surface area contributed by atoms with Crippen molar-refractivity contribution >= 4 is 5.97 Å². The molecular formula is C10H16O3. The van der Waals surface area contributed by atoms with E-state index < -0.39 is 11.6 Å². The average molecular weight is 184 g/mol. The summed E-state index contributed by atoms with van der Waals surface area (Å²) in [5.74, 6) is -1.15. The van der Waals surface area contributed by atoms with Crippen LogP contribution in [0.2, 0.25) is 0 Å². The highest BCUT2D eigenvalue weighted by molar-refractivity contribution is 5.67. The maximum absolute atomic E-state index is 10.5. The Kier molecular flexibility index (Phi) is 2.76. The number of carboxylic acids is 1. The molecule has 1 aliphatic rings. The second-order valence-corrected chi connectivity index (χ2v) is 4.02. The van der Waals surface area contributed by atoms with Crippen molar-refractivity contribution in [2.24, 2.45) is 5.92 Å². The lowest BCUT2D eigenvalue weighted by Crippen LogP contribution is -2.39. The zero-order chi connectivity index (χ0) is 10.1. The van der Waals surface area contributed by atoms with Gasteiger partial charge in [0.1, 0.15) is 0 Å². The molecule has 0 amide bonds. The normalized spacial score (nSPS) is 34.6. The Morgan fingerprint density at radius 2 is 2.38 bits per heavy atom. The smallest absolute Gasteiger partial charge is 0.304 e. The van der Waals surface area contributed by atoms with Crippen LogP contribution in [0.25, 0.3) is 0 Å². The summed E-state index contributed by atoms with van der Waals surface area (Å²) >= 11 is 0. The van der Waals surface area contributed by atoms with E-state index in [9.17, 15) is 9.90 Å². The highest BCUT2D eigenvalue weighted by Gasteiger charge is 2.37. The molecule has 0 aromatic heterocycles. The second-order valence-electron chi connectivity index (χ2n) is 4.02. The van der Waals surface area contributed by atoms with Gasteiger partial charge in [0.05, 0.1) is 12.0 Å². The van der Waals surface area contributed by atoms with Crippen LogP contribution in [0.1, 0.15) is 32.6 Å². The number of carboxylic acid groups (broad SMARTS) is 1. The SMILES string of the molecule is C=C1CCCC(C)(O)C1CC(=O)O. The van der Waals surface area contributed by atoms with E-state index in [1.807, 2.05) is 0 Å². The summed E-state index contributed by atoms with van der Waals surface area (Å²) in [6, 6.07) is 0. The molecule has 1 aliphatic carbocycles. The number of hydrogen-bond donors (Lipinski definition) is 2. The zero-order valence-corrected chi connectivity index (χ0v) is 7.92. The van der Waals surface area contributed by atoms with E-state index in [4.69, 9.17) is 5.11 Å². The van der Waals surface area contributed by atoms with Gasteiger partial charge in [-0.1, -0.05) is 12.2 Å². The van der Waals surface area contributed by atoms with Crippen molar-refractivity contribution < 1.29 is 15.0 Å². The minimum atomic E-state index is -0.881. The predicted octanol–water partition coefficient (Wildman–Crippen LogP) is 1.57. The molecule has 2 atom stereocenters. The molecule has 1 rings (SSSR count). The summed E-state index contributed by atoms with van der Waals surface area (Å²) < 4.78 is 0. The van der Waals surface area contributed by atoms with Crippen LogP contribution in [0.5, 0.6) is 0 Å². The van der Waals surface area contributed by atoms with Gasteiger partial charge < -0.3 is 10.2 Å². The molecule has 0 heterocycles. The monoisotopic (exact) mass is 184 g/mol. The first-order chi connectivity index (χ1) is 5.93. The summed E-state index contributed by atoms with van der Waals surface area (Å²) in [5.41, 5.74) is -0.00748. The third-order valence-corrected chi connectivity index (χ3v) is 2.80. The largest absolute Gasteiger partial charge is 0.481 e. The molecule has 2 unspecified atom stereocenters. The van der Waals surface area contributed by atoms with E-state index in [0.717, 1.165) is 18.4 Å². The Morgan fingerprint density at radius 1 is 1.77 bits per heavy atom. The number of aliphatic carboxylic acids is 1. The minimum absolute atomic E-state index is 0.00810. The molecule has 1 saturated carbocycles. The van der Waals surface area contributed by atoms with Gasteiger partial charge >= 0.3 is 5.97 Å². The van der Waals surface area contributed by atoms with E-state index >= 15 is 0 Å². The van der Waals surface area contributed by atoms with Crippen molar-refractivity contribution in [2.75, 3.05) is 0 Å². The molecule has 74 valence electrons. The highest BCUT2D eigenvalue weighted by atomic mass is 16.4. The number of carbonyl (C=O) groups is 1. The molecule has 0 spiro atoms. The van der Waals surface area contributed by atoms with Gasteiger partial charge in [-0.25, -0.2) is 0 Å². The minimum Gasteiger partial charge on any atom is -0.481 e. The topological polar surface area (TPSA) is 57.5 Å². The van der Waals surface area contributed by atoms with Gasteiger partial charge in [-0.15, -0.1) is 0 Å². The van der Waals surface area contributed by atoms with Gasteiger partial charge in [0.2, 0.25) is 0 Å². The fourth-order valence-electron chi connectivity index (χ4n) is 2.00. The molecule has 0 aliphatic heterocycles. The molecule has 3 nitrogen and oxygen atoms in total. The number of hydrogen-bond acceptors (Lipinski definition) is 2. The Hall–Kier alpha value is -0.830. The van der Waals surface area contributed by atoms with Gasteiger partial charge in [-0.3, -0.25) is 4.79 Å². The van der Waals surface area contributed by atoms with Crippen LogP contribution in [0.3, 0.4) is 0 Å². The van der Waals surface area contributed by atoms with Gasteiger partial charge in [0.15, 0.2) is 0 Å². The Bertz CT molecular complexity index is 230. The fraction of sp³-hybridized carbons (Fsp3) is 0.700. The van der Waals surface area contributed by atoms with E-state index in [2.05, 4.69) is 6.58 Å². The quantitative estimate of drug-likeness (QED) is 0.640. The summed E-state index contributed by atoms with van der Waals surface area (Å²) in [6.45, 7) is 5.52. The first kappa shape index (κ1) is 10.3. The van der Waals surface area contributed by atoms with Crippen LogP contribution < -0.4 is 0 Å². The first-order valence-electron chi connectivity index (χ1n) is 4.55. The maximum Gasteiger partial charge on any atom is 0.304 e. The van der Waals surface area contributed by atoms with Crippen LogP contribution in [0.4, 0.5) is 0 Å². The molecule has 0 aromatic carbocycles. The molecule has 13 heavy (non-hydrogen) atoms. The first-order valence-corrected chi connectivity index (χ1v) is 4.55. The summed E-state index contributed by atoms with van der Waals surface area (Å²) in [6.07, 6.45) is 2.41. The van der Waals surface area contributed by atoms with Gasteiger partial charge in [-0.2, -0.15) is 0 Å². The number of rotatable bonds is 2. The lowest BCUT2D eigenvalue weighted by Gasteiger charge is -2.37. The molecule has 0 bridgehead atoms. The second kappa shape index (κ2) is 3.50. The van der Waals surface area contributed by atoms with E-state index in [1.54, 1.807) is 6.92 Å². The summed E-state index contributed by atoms with van der Waals surface area (Å²) in [5, 5.41) is 18.6. The number of aliphatic hydroxyl groups is 1. The van der Waals surface area contributed by atoms with Crippen LogP contribution >= 0.6 is 0 Å². The third-order valence-electron chi connectivity index (χ3n) is 2.80. The molecule has 0 aromatic rings. The molecule has 3 heteroatoms. The van der Waals surface area contributed by atoms with Crippen LogP contribution in [0.15, 0.2) is 12.2 Å². The molecule has 2 N–H and O–H groups in total. The van der Waals surface area contributed by atoms with E-state index in [-0.39, 0.29) is 12.3 Å².